The van der Waals surface area contributed by atoms with Crippen LogP contribution in [0.1, 0.15) is 49.3 Å². The van der Waals surface area contributed by atoms with Crippen molar-refractivity contribution in [2.75, 3.05) is 0 Å². The lowest BCUT2D eigenvalue weighted by molar-refractivity contribution is -0.137. The number of hydrogen-bond acceptors (Lipinski definition) is 3. The highest BCUT2D eigenvalue weighted by Gasteiger charge is 2.31. The van der Waals surface area contributed by atoms with Gasteiger partial charge in [0.2, 0.25) is 0 Å². The molecule has 2 N–H and O–H groups in total. The summed E-state index contributed by atoms with van der Waals surface area (Å²) >= 11 is 3.48. The van der Waals surface area contributed by atoms with Gasteiger partial charge in [-0.2, -0.15) is 13.2 Å². The minimum Gasteiger partial charge on any atom is -0.435 e. The van der Waals surface area contributed by atoms with E-state index in [1.165, 1.54) is 12.1 Å². The lowest BCUT2D eigenvalue weighted by Crippen LogP contribution is -2.21. The van der Waals surface area contributed by atoms with Crippen molar-refractivity contribution < 1.29 is 22.7 Å². The summed E-state index contributed by atoms with van der Waals surface area (Å²) in [5.74, 6) is 0. The largest absolute Gasteiger partial charge is 0.435 e. The Morgan fingerprint density at radius 3 is 2.19 bits per heavy atom. The fraction of sp³-hybridized carbons (Fsp3) is 0.333. The number of pyridine rings is 1. The molecule has 2 rings (SSSR count). The van der Waals surface area contributed by atoms with Gasteiger partial charge in [0.15, 0.2) is 6.10 Å². The van der Waals surface area contributed by atoms with Gasteiger partial charge in [0.25, 0.3) is 0 Å². The molecule has 1 heterocycles. The molecule has 0 aliphatic carbocycles. The number of halogens is 4. The van der Waals surface area contributed by atoms with Gasteiger partial charge in [-0.3, -0.25) is 4.98 Å². The van der Waals surface area contributed by atoms with Crippen molar-refractivity contribution in [2.45, 2.75) is 38.5 Å². The van der Waals surface area contributed by atoms with E-state index in [4.69, 9.17) is 10.5 Å². The Bertz CT molecular complexity index is 800. The predicted molar refractivity (Wildman–Crippen MR) is 94.6 cm³/mol. The quantitative estimate of drug-likeness (QED) is 0.713. The van der Waals surface area contributed by atoms with Gasteiger partial charge < -0.3 is 10.5 Å². The minimum atomic E-state index is -4.45. The maximum Gasteiger partial charge on any atom is 0.416 e. The van der Waals surface area contributed by atoms with Crippen LogP contribution in [0, 0.1) is 0 Å². The Labute approximate surface area is 157 Å². The third-order valence-electron chi connectivity index (χ3n) is 3.75. The van der Waals surface area contributed by atoms with E-state index in [1.54, 1.807) is 6.20 Å². The Hall–Kier alpha value is -2.09. The molecule has 2 aromatic rings. The number of alkyl halides is 3. The molecule has 4 nitrogen and oxygen atoms in total. The summed E-state index contributed by atoms with van der Waals surface area (Å²) in [6, 6.07) is 6.16. The molecule has 8 heteroatoms. The molecule has 140 valence electrons. The van der Waals surface area contributed by atoms with Crippen LogP contribution in [0.15, 0.2) is 41.0 Å². The number of ether oxygens (including phenoxy) is 1. The lowest BCUT2D eigenvalue weighted by Gasteiger charge is -2.24. The van der Waals surface area contributed by atoms with E-state index in [2.05, 4.69) is 20.9 Å². The van der Waals surface area contributed by atoms with E-state index < -0.39 is 23.9 Å². The summed E-state index contributed by atoms with van der Waals surface area (Å²) in [5.41, 5.74) is 5.73. The monoisotopic (exact) mass is 430 g/mol. The van der Waals surface area contributed by atoms with Crippen LogP contribution in [-0.4, -0.2) is 11.1 Å². The van der Waals surface area contributed by atoms with E-state index in [1.807, 2.05) is 26.8 Å². The van der Waals surface area contributed by atoms with Crippen LogP contribution in [0.5, 0.6) is 0 Å². The maximum atomic E-state index is 12.8. The van der Waals surface area contributed by atoms with Gasteiger partial charge in [-0.05, 0) is 50.7 Å². The van der Waals surface area contributed by atoms with E-state index in [9.17, 15) is 18.0 Å². The predicted octanol–water partition coefficient (Wildman–Crippen LogP) is 5.35. The van der Waals surface area contributed by atoms with Gasteiger partial charge in [-0.1, -0.05) is 32.9 Å². The van der Waals surface area contributed by atoms with E-state index in [0.29, 0.717) is 15.7 Å². The van der Waals surface area contributed by atoms with Crippen LogP contribution in [0.3, 0.4) is 0 Å². The molecule has 0 saturated carbocycles. The molecular formula is C18H18BrF3N2O2. The first-order valence-electron chi connectivity index (χ1n) is 7.69. The van der Waals surface area contributed by atoms with E-state index in [0.717, 1.165) is 17.7 Å². The number of hydrogen-bond donors (Lipinski definition) is 1. The van der Waals surface area contributed by atoms with Gasteiger partial charge in [0, 0.05) is 10.7 Å². The highest BCUT2D eigenvalue weighted by atomic mass is 79.9. The first-order valence-corrected chi connectivity index (χ1v) is 8.48. The number of nitrogens with zero attached hydrogens (tertiary/aromatic N) is 1. The summed E-state index contributed by atoms with van der Waals surface area (Å²) in [7, 11) is 0. The smallest absolute Gasteiger partial charge is 0.416 e. The van der Waals surface area contributed by atoms with Crippen LogP contribution >= 0.6 is 15.9 Å². The molecular weight excluding hydrogens is 413 g/mol. The zero-order valence-corrected chi connectivity index (χ0v) is 16.0. The van der Waals surface area contributed by atoms with Gasteiger partial charge >= 0.3 is 12.3 Å². The Morgan fingerprint density at radius 2 is 1.73 bits per heavy atom. The molecule has 0 fully saturated rings. The summed E-state index contributed by atoms with van der Waals surface area (Å²) in [6.45, 7) is 6.00. The number of carbonyl (C=O) groups is 1. The van der Waals surface area contributed by atoms with Crippen molar-refractivity contribution in [1.29, 1.82) is 0 Å². The van der Waals surface area contributed by atoms with Gasteiger partial charge in [0.1, 0.15) is 5.69 Å². The number of primary amides is 1. The highest BCUT2D eigenvalue weighted by molar-refractivity contribution is 9.10. The van der Waals surface area contributed by atoms with Crippen molar-refractivity contribution in [3.8, 4) is 0 Å². The number of rotatable bonds is 3. The molecule has 0 radical (unpaired) electrons. The zero-order chi connectivity index (χ0) is 19.7. The topological polar surface area (TPSA) is 65.2 Å². The van der Waals surface area contributed by atoms with Crippen molar-refractivity contribution in [1.82, 2.24) is 4.98 Å². The van der Waals surface area contributed by atoms with Crippen LogP contribution in [0.25, 0.3) is 0 Å². The molecule has 1 atom stereocenters. The van der Waals surface area contributed by atoms with Crippen molar-refractivity contribution in [3.63, 3.8) is 0 Å². The molecule has 0 aliphatic rings. The van der Waals surface area contributed by atoms with Crippen LogP contribution < -0.4 is 5.73 Å². The van der Waals surface area contributed by atoms with E-state index >= 15 is 0 Å². The first kappa shape index (κ1) is 20.2. The van der Waals surface area contributed by atoms with Gasteiger partial charge in [-0.25, -0.2) is 4.79 Å². The molecule has 0 bridgehead atoms. The second-order valence-corrected chi connectivity index (χ2v) is 7.54. The summed E-state index contributed by atoms with van der Waals surface area (Å²) in [4.78, 5) is 15.6. The molecule has 0 spiro atoms. The fourth-order valence-corrected chi connectivity index (χ4v) is 3.50. The molecule has 0 unspecified atom stereocenters. The highest BCUT2D eigenvalue weighted by Crippen LogP contribution is 2.37. The van der Waals surface area contributed by atoms with Crippen molar-refractivity contribution in [3.05, 3.63) is 63.4 Å². The lowest BCUT2D eigenvalue weighted by atomic mass is 9.86. The molecule has 1 aromatic heterocycles. The normalized spacial score (nSPS) is 13.3. The molecule has 0 saturated heterocycles. The average molecular weight is 431 g/mol. The summed E-state index contributed by atoms with van der Waals surface area (Å²) in [5, 5.41) is 0. The molecule has 1 amide bonds. The van der Waals surface area contributed by atoms with Crippen molar-refractivity contribution >= 4 is 22.0 Å². The standard InChI is InChI=1S/C18H18BrF3N2O2/c1-17(2,3)12-8-9-24-14(13(12)19)15(26-16(23)25)10-4-6-11(7-5-10)18(20,21)22/h4-9,15H,1-3H3,(H2,23,25)/t15-/m0/s1. The first-order chi connectivity index (χ1) is 11.9. The van der Waals surface area contributed by atoms with E-state index in [-0.39, 0.29) is 5.41 Å². The van der Waals surface area contributed by atoms with Crippen molar-refractivity contribution in [2.24, 2.45) is 5.73 Å². The molecule has 1 aromatic carbocycles. The Balaban J connectivity index is 2.54. The molecule has 26 heavy (non-hydrogen) atoms. The number of amides is 1. The fourth-order valence-electron chi connectivity index (χ4n) is 2.47. The van der Waals surface area contributed by atoms with Crippen LogP contribution in [-0.2, 0) is 16.3 Å². The second kappa shape index (κ2) is 7.26. The third-order valence-corrected chi connectivity index (χ3v) is 4.58. The number of aromatic nitrogens is 1. The maximum absolute atomic E-state index is 12.8. The van der Waals surface area contributed by atoms with Gasteiger partial charge in [-0.15, -0.1) is 0 Å². The Morgan fingerprint density at radius 1 is 1.15 bits per heavy atom. The van der Waals surface area contributed by atoms with Crippen LogP contribution in [0.4, 0.5) is 18.0 Å². The number of carbonyl (C=O) groups excluding carboxylic acids is 1. The second-order valence-electron chi connectivity index (χ2n) is 6.74. The SMILES string of the molecule is CC(C)(C)c1ccnc([C@@H](OC(N)=O)c2ccc(C(F)(F)F)cc2)c1Br. The molecule has 0 aliphatic heterocycles. The van der Waals surface area contributed by atoms with Crippen LogP contribution in [0.2, 0.25) is 0 Å². The number of nitrogens with two attached hydrogens (primary N) is 1. The average Bonchev–Trinajstić information content (AvgIpc) is 2.51. The van der Waals surface area contributed by atoms with Gasteiger partial charge in [0.05, 0.1) is 5.56 Å². The third kappa shape index (κ3) is 4.55. The number of benzene rings is 1. The summed E-state index contributed by atoms with van der Waals surface area (Å²) < 4.78 is 44.1. The minimum absolute atomic E-state index is 0.228. The summed E-state index contributed by atoms with van der Waals surface area (Å²) in [6.07, 6.45) is -4.98. The Kier molecular flexibility index (Phi) is 5.65. The zero-order valence-electron chi connectivity index (χ0n) is 14.4.